The Morgan fingerprint density at radius 2 is 1.74 bits per heavy atom. The van der Waals surface area contributed by atoms with Gasteiger partial charge in [0, 0.05) is 32.7 Å². The summed E-state index contributed by atoms with van der Waals surface area (Å²) in [5.41, 5.74) is 0.390. The van der Waals surface area contributed by atoms with Crippen LogP contribution in [0.3, 0.4) is 0 Å². The maximum atomic E-state index is 13.6. The van der Waals surface area contributed by atoms with E-state index in [0.717, 1.165) is 31.6 Å². The molecule has 2 aliphatic rings. The van der Waals surface area contributed by atoms with Crippen molar-refractivity contribution in [3.63, 3.8) is 0 Å². The summed E-state index contributed by atoms with van der Waals surface area (Å²) in [6.45, 7) is 5.70. The van der Waals surface area contributed by atoms with Crippen molar-refractivity contribution < 1.29 is 13.2 Å². The summed E-state index contributed by atoms with van der Waals surface area (Å²) in [5.74, 6) is 0.262. The predicted molar refractivity (Wildman–Crippen MR) is 110 cm³/mol. The smallest absolute Gasteiger partial charge is 0.233 e. The van der Waals surface area contributed by atoms with E-state index in [4.69, 9.17) is 0 Å². The van der Waals surface area contributed by atoms with Crippen LogP contribution < -0.4 is 5.32 Å². The molecule has 6 nitrogen and oxygen atoms in total. The van der Waals surface area contributed by atoms with Gasteiger partial charge in [-0.1, -0.05) is 30.3 Å². The molecule has 2 saturated heterocycles. The fourth-order valence-corrected chi connectivity index (χ4v) is 5.17. The molecule has 1 N–H and O–H groups in total. The van der Waals surface area contributed by atoms with E-state index in [1.807, 2.05) is 35.2 Å². The fourth-order valence-electron chi connectivity index (χ4n) is 4.06. The number of rotatable bonds is 4. The Bertz CT molecular complexity index is 711. The number of piperidine rings is 1. The number of halogens is 1. The van der Waals surface area contributed by atoms with Crippen LogP contribution in [0.15, 0.2) is 30.3 Å². The molecular formula is C19H30ClN3O3S. The van der Waals surface area contributed by atoms with Gasteiger partial charge in [0.1, 0.15) is 0 Å². The molecule has 1 aromatic carbocycles. The van der Waals surface area contributed by atoms with E-state index in [1.54, 1.807) is 11.2 Å². The zero-order valence-electron chi connectivity index (χ0n) is 15.9. The van der Waals surface area contributed by atoms with E-state index in [9.17, 15) is 13.2 Å². The Hall–Kier alpha value is -1.15. The number of hydrogen-bond donors (Lipinski definition) is 1. The van der Waals surface area contributed by atoms with Crippen molar-refractivity contribution in [3.8, 4) is 0 Å². The topological polar surface area (TPSA) is 69.7 Å². The quantitative estimate of drug-likeness (QED) is 0.811. The molecule has 0 atom stereocenters. The summed E-state index contributed by atoms with van der Waals surface area (Å²) >= 11 is 0. The third-order valence-electron chi connectivity index (χ3n) is 5.70. The van der Waals surface area contributed by atoms with E-state index in [-0.39, 0.29) is 24.1 Å². The van der Waals surface area contributed by atoms with Crippen LogP contribution in [-0.2, 0) is 20.2 Å². The summed E-state index contributed by atoms with van der Waals surface area (Å²) in [5, 5.41) is 3.34. The van der Waals surface area contributed by atoms with E-state index in [0.29, 0.717) is 32.5 Å². The molecule has 2 aliphatic heterocycles. The highest BCUT2D eigenvalue weighted by molar-refractivity contribution is 7.89. The van der Waals surface area contributed by atoms with Gasteiger partial charge in [0.15, 0.2) is 0 Å². The van der Waals surface area contributed by atoms with Gasteiger partial charge < -0.3 is 10.2 Å². The minimum absolute atomic E-state index is 0. The molecule has 1 amide bonds. The zero-order valence-corrected chi connectivity index (χ0v) is 17.5. The molecule has 152 valence electrons. The molecule has 8 heteroatoms. The molecule has 0 aliphatic carbocycles. The fraction of sp³-hybridized carbons (Fsp3) is 0.632. The average molecular weight is 416 g/mol. The van der Waals surface area contributed by atoms with Crippen LogP contribution in [0.5, 0.6) is 0 Å². The Labute approximate surface area is 168 Å². The number of sulfonamides is 1. The van der Waals surface area contributed by atoms with Crippen LogP contribution in [0.2, 0.25) is 0 Å². The molecule has 0 bridgehead atoms. The predicted octanol–water partition coefficient (Wildman–Crippen LogP) is 1.61. The third kappa shape index (κ3) is 4.65. The lowest BCUT2D eigenvalue weighted by atomic mass is 9.72. The van der Waals surface area contributed by atoms with Gasteiger partial charge in [0.2, 0.25) is 15.9 Å². The first-order valence-electron chi connectivity index (χ1n) is 9.53. The van der Waals surface area contributed by atoms with Crippen LogP contribution in [-0.4, -0.2) is 68.6 Å². The largest absolute Gasteiger partial charge is 0.341 e. The van der Waals surface area contributed by atoms with Crippen molar-refractivity contribution in [2.75, 3.05) is 45.0 Å². The van der Waals surface area contributed by atoms with Crippen LogP contribution in [0, 0.1) is 0 Å². The summed E-state index contributed by atoms with van der Waals surface area (Å²) in [7, 11) is -3.21. The number of benzene rings is 1. The molecule has 2 fully saturated rings. The molecule has 0 saturated carbocycles. The van der Waals surface area contributed by atoms with Crippen molar-refractivity contribution in [1.82, 2.24) is 14.5 Å². The van der Waals surface area contributed by atoms with Gasteiger partial charge in [-0.3, -0.25) is 4.79 Å². The second-order valence-corrected chi connectivity index (χ2v) is 9.40. The minimum atomic E-state index is -3.21. The van der Waals surface area contributed by atoms with Gasteiger partial charge in [-0.2, -0.15) is 0 Å². The van der Waals surface area contributed by atoms with Crippen LogP contribution >= 0.6 is 12.4 Å². The number of amides is 1. The van der Waals surface area contributed by atoms with Crippen LogP contribution in [0.4, 0.5) is 0 Å². The second kappa shape index (κ2) is 9.37. The molecule has 3 rings (SSSR count). The van der Waals surface area contributed by atoms with Crippen molar-refractivity contribution in [3.05, 3.63) is 35.9 Å². The summed E-state index contributed by atoms with van der Waals surface area (Å²) in [6, 6.07) is 9.90. The highest BCUT2D eigenvalue weighted by atomic mass is 35.5. The third-order valence-corrected chi connectivity index (χ3v) is 7.58. The van der Waals surface area contributed by atoms with Crippen molar-refractivity contribution >= 4 is 28.3 Å². The molecule has 27 heavy (non-hydrogen) atoms. The van der Waals surface area contributed by atoms with Crippen molar-refractivity contribution in [2.45, 2.75) is 31.6 Å². The van der Waals surface area contributed by atoms with Gasteiger partial charge >= 0.3 is 0 Å². The van der Waals surface area contributed by atoms with Crippen LogP contribution in [0.1, 0.15) is 31.7 Å². The maximum Gasteiger partial charge on any atom is 0.233 e. The first-order valence-corrected chi connectivity index (χ1v) is 11.1. The summed E-state index contributed by atoms with van der Waals surface area (Å²) < 4.78 is 26.0. The highest BCUT2D eigenvalue weighted by Crippen LogP contribution is 2.38. The molecule has 2 heterocycles. The van der Waals surface area contributed by atoms with Gasteiger partial charge in [-0.25, -0.2) is 12.7 Å². The Balaban J connectivity index is 0.00000261. The Kier molecular flexibility index (Phi) is 7.68. The normalized spacial score (nSPS) is 21.1. The highest BCUT2D eigenvalue weighted by Gasteiger charge is 2.46. The number of carbonyl (C=O) groups excluding carboxylic acids is 1. The molecule has 0 radical (unpaired) electrons. The lowest BCUT2D eigenvalue weighted by molar-refractivity contribution is -0.139. The summed E-state index contributed by atoms with van der Waals surface area (Å²) in [4.78, 5) is 15.6. The SMILES string of the molecule is CCS(=O)(=O)N1CCC(C(=O)N2CCCNCC2)(c2ccccc2)CC1.Cl. The van der Waals surface area contributed by atoms with E-state index >= 15 is 0 Å². The van der Waals surface area contributed by atoms with Crippen molar-refractivity contribution in [2.24, 2.45) is 0 Å². The number of hydrogen-bond acceptors (Lipinski definition) is 4. The lowest BCUT2D eigenvalue weighted by Gasteiger charge is -2.43. The minimum Gasteiger partial charge on any atom is -0.341 e. The van der Waals surface area contributed by atoms with E-state index in [1.165, 1.54) is 0 Å². The molecule has 0 spiro atoms. The number of carbonyl (C=O) groups is 1. The molecule has 0 aromatic heterocycles. The number of nitrogens with zero attached hydrogens (tertiary/aromatic N) is 2. The second-order valence-electron chi connectivity index (χ2n) is 7.14. The van der Waals surface area contributed by atoms with Crippen molar-refractivity contribution in [1.29, 1.82) is 0 Å². The van der Waals surface area contributed by atoms with Crippen LogP contribution in [0.25, 0.3) is 0 Å². The Morgan fingerprint density at radius 3 is 2.37 bits per heavy atom. The van der Waals surface area contributed by atoms with Gasteiger partial charge in [-0.15, -0.1) is 12.4 Å². The van der Waals surface area contributed by atoms with E-state index < -0.39 is 15.4 Å². The molecule has 1 aromatic rings. The van der Waals surface area contributed by atoms with Gasteiger partial charge in [0.05, 0.1) is 11.2 Å². The summed E-state index contributed by atoms with van der Waals surface area (Å²) in [6.07, 6.45) is 2.03. The molecular weight excluding hydrogens is 386 g/mol. The first-order chi connectivity index (χ1) is 12.5. The maximum absolute atomic E-state index is 13.6. The monoisotopic (exact) mass is 415 g/mol. The molecule has 0 unspecified atom stereocenters. The Morgan fingerprint density at radius 1 is 1.07 bits per heavy atom. The first kappa shape index (κ1) is 22.1. The zero-order chi connectivity index (χ0) is 18.6. The number of nitrogens with one attached hydrogen (secondary N) is 1. The standard InChI is InChI=1S/C19H29N3O3S.ClH/c1-2-26(24,25)22-14-9-19(10-15-22,17-7-4-3-5-8-17)18(23)21-13-6-11-20-12-16-21;/h3-5,7-8,20H,2,6,9-16H2,1H3;1H. The van der Waals surface area contributed by atoms with Gasteiger partial charge in [0.25, 0.3) is 0 Å². The lowest BCUT2D eigenvalue weighted by Crippen LogP contribution is -2.54. The average Bonchev–Trinajstić information content (AvgIpc) is 2.97. The van der Waals surface area contributed by atoms with E-state index in [2.05, 4.69) is 5.32 Å². The van der Waals surface area contributed by atoms with Gasteiger partial charge in [-0.05, 0) is 38.3 Å².